The largest absolute Gasteiger partial charge is 0.387 e. The lowest BCUT2D eigenvalue weighted by Crippen LogP contribution is -2.20. The van der Waals surface area contributed by atoms with Gasteiger partial charge in [0, 0.05) is 24.7 Å². The van der Waals surface area contributed by atoms with Gasteiger partial charge >= 0.3 is 0 Å². The summed E-state index contributed by atoms with van der Waals surface area (Å²) < 4.78 is 26.5. The van der Waals surface area contributed by atoms with E-state index in [1.165, 1.54) is 17.0 Å². The second-order valence-corrected chi connectivity index (χ2v) is 5.08. The molecule has 0 aliphatic rings. The van der Waals surface area contributed by atoms with E-state index in [1.807, 2.05) is 42.3 Å². The fraction of sp³-hybridized carbons (Fsp3) is 0.267. The fourth-order valence-electron chi connectivity index (χ4n) is 2.30. The van der Waals surface area contributed by atoms with Crippen molar-refractivity contribution in [3.8, 4) is 0 Å². The van der Waals surface area contributed by atoms with Crippen LogP contribution in [-0.4, -0.2) is 44.3 Å². The molecule has 0 bridgehead atoms. The van der Waals surface area contributed by atoms with E-state index in [0.29, 0.717) is 17.2 Å². The van der Waals surface area contributed by atoms with Crippen molar-refractivity contribution in [2.24, 2.45) is 0 Å². The van der Waals surface area contributed by atoms with E-state index < -0.39 is 12.5 Å². The highest BCUT2D eigenvalue weighted by molar-refractivity contribution is 5.59. The lowest BCUT2D eigenvalue weighted by Gasteiger charge is -2.18. The summed E-state index contributed by atoms with van der Waals surface area (Å²) >= 11 is 0. The highest BCUT2D eigenvalue weighted by Crippen LogP contribution is 2.22. The second kappa shape index (κ2) is 6.25. The van der Waals surface area contributed by atoms with Crippen molar-refractivity contribution < 1.29 is 13.9 Å². The molecule has 0 aliphatic carbocycles. The van der Waals surface area contributed by atoms with Gasteiger partial charge in [0.25, 0.3) is 6.43 Å². The minimum atomic E-state index is -2.81. The second-order valence-electron chi connectivity index (χ2n) is 5.08. The Kier molecular flexibility index (Phi) is 4.16. The van der Waals surface area contributed by atoms with Crippen molar-refractivity contribution in [3.63, 3.8) is 0 Å². The third-order valence-corrected chi connectivity index (χ3v) is 3.52. The van der Waals surface area contributed by atoms with Gasteiger partial charge < -0.3 is 10.0 Å². The van der Waals surface area contributed by atoms with Gasteiger partial charge in [-0.1, -0.05) is 18.2 Å². The predicted molar refractivity (Wildman–Crippen MR) is 81.0 cm³/mol. The molecule has 1 aromatic carbocycles. The quantitative estimate of drug-likeness (QED) is 0.780. The van der Waals surface area contributed by atoms with Gasteiger partial charge in [0.2, 0.25) is 5.95 Å². The number of hydrogen-bond donors (Lipinski definition) is 1. The first-order valence-corrected chi connectivity index (χ1v) is 7.00. The molecule has 0 radical (unpaired) electrons. The Hall–Kier alpha value is -2.61. The lowest BCUT2D eigenvalue weighted by molar-refractivity contribution is -0.00351. The normalized spacial score (nSPS) is 12.7. The average molecular weight is 319 g/mol. The Labute approximate surface area is 131 Å². The van der Waals surface area contributed by atoms with Crippen LogP contribution >= 0.6 is 0 Å². The monoisotopic (exact) mass is 319 g/mol. The molecule has 0 fully saturated rings. The standard InChI is InChI=1S/C15H15F2N5O/c1-21(11-5-3-2-4-6-11)15-19-9-18-14-10(8-20-22(14)15)7-12(23)13(16)17/h2-6,8-9,12-13,23H,7H2,1H3. The fourth-order valence-corrected chi connectivity index (χ4v) is 2.30. The van der Waals surface area contributed by atoms with Crippen LogP contribution in [0.2, 0.25) is 0 Å². The number of aromatic nitrogens is 4. The topological polar surface area (TPSA) is 66.5 Å². The number of nitrogens with zero attached hydrogens (tertiary/aromatic N) is 5. The zero-order valence-corrected chi connectivity index (χ0v) is 12.3. The maximum absolute atomic E-state index is 12.5. The van der Waals surface area contributed by atoms with Crippen molar-refractivity contribution in [2.45, 2.75) is 19.0 Å². The van der Waals surface area contributed by atoms with E-state index in [9.17, 15) is 13.9 Å². The summed E-state index contributed by atoms with van der Waals surface area (Å²) in [5.74, 6) is 0.499. The summed E-state index contributed by atoms with van der Waals surface area (Å²) in [4.78, 5) is 10.1. The third-order valence-electron chi connectivity index (χ3n) is 3.52. The smallest absolute Gasteiger partial charge is 0.264 e. The number of para-hydroxylation sites is 1. The van der Waals surface area contributed by atoms with Crippen LogP contribution in [0, 0.1) is 0 Å². The lowest BCUT2D eigenvalue weighted by atomic mass is 10.1. The number of fused-ring (bicyclic) bond motifs is 1. The maximum Gasteiger partial charge on any atom is 0.264 e. The zero-order chi connectivity index (χ0) is 16.4. The number of rotatable bonds is 5. The molecule has 23 heavy (non-hydrogen) atoms. The SMILES string of the molecule is CN(c1ccccc1)c1ncnc2c(CC(O)C(F)F)cnn12. The van der Waals surface area contributed by atoms with E-state index in [-0.39, 0.29) is 6.42 Å². The van der Waals surface area contributed by atoms with Crippen LogP contribution in [0.15, 0.2) is 42.9 Å². The molecular weight excluding hydrogens is 304 g/mol. The summed E-state index contributed by atoms with van der Waals surface area (Å²) in [6.07, 6.45) is -1.99. The number of anilines is 2. The van der Waals surface area contributed by atoms with Crippen molar-refractivity contribution >= 4 is 17.3 Å². The molecule has 3 rings (SSSR count). The Balaban J connectivity index is 1.99. The molecule has 2 aromatic heterocycles. The molecule has 0 saturated heterocycles. The van der Waals surface area contributed by atoms with Gasteiger partial charge in [-0.15, -0.1) is 0 Å². The van der Waals surface area contributed by atoms with Crippen LogP contribution in [0.1, 0.15) is 5.56 Å². The Morgan fingerprint density at radius 3 is 2.65 bits per heavy atom. The summed E-state index contributed by atoms with van der Waals surface area (Å²) in [5, 5.41) is 13.5. The molecule has 6 nitrogen and oxygen atoms in total. The molecule has 0 saturated carbocycles. The first kappa shape index (κ1) is 15.3. The Bertz CT molecular complexity index is 793. The molecular formula is C15H15F2N5O. The van der Waals surface area contributed by atoms with Crippen LogP contribution in [-0.2, 0) is 6.42 Å². The summed E-state index contributed by atoms with van der Waals surface area (Å²) in [7, 11) is 1.83. The molecule has 8 heteroatoms. The van der Waals surface area contributed by atoms with Gasteiger partial charge in [-0.05, 0) is 12.1 Å². The van der Waals surface area contributed by atoms with Crippen molar-refractivity contribution in [1.82, 2.24) is 19.6 Å². The predicted octanol–water partition coefficient (Wildman–Crippen LogP) is 2.06. The molecule has 0 amide bonds. The van der Waals surface area contributed by atoms with Crippen molar-refractivity contribution in [3.05, 3.63) is 48.4 Å². The van der Waals surface area contributed by atoms with Crippen molar-refractivity contribution in [1.29, 1.82) is 0 Å². The van der Waals surface area contributed by atoms with E-state index in [1.54, 1.807) is 0 Å². The zero-order valence-electron chi connectivity index (χ0n) is 12.3. The molecule has 3 aromatic rings. The van der Waals surface area contributed by atoms with Crippen LogP contribution in [0.5, 0.6) is 0 Å². The highest BCUT2D eigenvalue weighted by atomic mass is 19.3. The van der Waals surface area contributed by atoms with Crippen LogP contribution < -0.4 is 4.90 Å². The van der Waals surface area contributed by atoms with E-state index in [4.69, 9.17) is 0 Å². The van der Waals surface area contributed by atoms with Gasteiger partial charge in [-0.3, -0.25) is 0 Å². The summed E-state index contributed by atoms with van der Waals surface area (Å²) in [6.45, 7) is 0. The Morgan fingerprint density at radius 2 is 1.96 bits per heavy atom. The van der Waals surface area contributed by atoms with E-state index in [0.717, 1.165) is 5.69 Å². The first-order valence-electron chi connectivity index (χ1n) is 7.00. The Morgan fingerprint density at radius 1 is 1.22 bits per heavy atom. The van der Waals surface area contributed by atoms with Crippen LogP contribution in [0.25, 0.3) is 5.65 Å². The minimum absolute atomic E-state index is 0.216. The summed E-state index contributed by atoms with van der Waals surface area (Å²) in [5.41, 5.74) is 1.75. The number of halogens is 2. The molecule has 120 valence electrons. The van der Waals surface area contributed by atoms with E-state index in [2.05, 4.69) is 15.1 Å². The van der Waals surface area contributed by atoms with Gasteiger partial charge in [-0.25, -0.2) is 18.7 Å². The first-order chi connectivity index (χ1) is 11.1. The van der Waals surface area contributed by atoms with Gasteiger partial charge in [-0.2, -0.15) is 9.61 Å². The number of hydrogen-bond acceptors (Lipinski definition) is 5. The van der Waals surface area contributed by atoms with E-state index >= 15 is 0 Å². The molecule has 1 unspecified atom stereocenters. The number of alkyl halides is 2. The van der Waals surface area contributed by atoms with Crippen LogP contribution in [0.3, 0.4) is 0 Å². The van der Waals surface area contributed by atoms with Gasteiger partial charge in [0.1, 0.15) is 12.4 Å². The van der Waals surface area contributed by atoms with Gasteiger partial charge in [0.05, 0.1) is 6.20 Å². The van der Waals surface area contributed by atoms with Crippen LogP contribution in [0.4, 0.5) is 20.4 Å². The van der Waals surface area contributed by atoms with Gasteiger partial charge in [0.15, 0.2) is 5.65 Å². The summed E-state index contributed by atoms with van der Waals surface area (Å²) in [6, 6.07) is 9.54. The minimum Gasteiger partial charge on any atom is -0.387 e. The van der Waals surface area contributed by atoms with Crippen molar-refractivity contribution in [2.75, 3.05) is 11.9 Å². The average Bonchev–Trinajstić information content (AvgIpc) is 2.98. The molecule has 2 heterocycles. The molecule has 1 N–H and O–H groups in total. The molecule has 0 aliphatic heterocycles. The number of benzene rings is 1. The number of aliphatic hydroxyl groups excluding tert-OH is 1. The maximum atomic E-state index is 12.5. The third kappa shape index (κ3) is 2.98. The highest BCUT2D eigenvalue weighted by Gasteiger charge is 2.21. The number of aliphatic hydroxyl groups is 1. The molecule has 1 atom stereocenters. The molecule has 0 spiro atoms.